The van der Waals surface area contributed by atoms with Gasteiger partial charge in [-0.05, 0) is 6.92 Å². The summed E-state index contributed by atoms with van der Waals surface area (Å²) in [5.74, 6) is 0. The summed E-state index contributed by atoms with van der Waals surface area (Å²) in [4.78, 5) is 0. The van der Waals surface area contributed by atoms with E-state index >= 15 is 0 Å². The minimum absolute atomic E-state index is 0. The van der Waals surface area contributed by atoms with Gasteiger partial charge in [-0.3, -0.25) is 0 Å². The maximum atomic E-state index is 10.2. The average Bonchev–Trinajstić information content (AvgIpc) is 2.11. The van der Waals surface area contributed by atoms with Crippen LogP contribution < -0.4 is 51.4 Å². The van der Waals surface area contributed by atoms with Crippen molar-refractivity contribution in [1.82, 2.24) is 10.2 Å². The molecule has 0 unspecified atom stereocenters. The minimum Gasteiger partial charge on any atom is -0.742 e. The zero-order valence-corrected chi connectivity index (χ0v) is 10.7. The molecule has 0 radical (unpaired) electrons. The number of hydrogen-bond acceptors (Lipinski definition) is 6. The van der Waals surface area contributed by atoms with E-state index < -0.39 is 14.5 Å². The van der Waals surface area contributed by atoms with E-state index in [4.69, 9.17) is 0 Å². The molecule has 56 valence electrons. The molecule has 0 aliphatic heterocycles. The van der Waals surface area contributed by atoms with Crippen molar-refractivity contribution in [3.63, 3.8) is 0 Å². The molecule has 1 aromatic rings. The standard InChI is InChI=1S/C3H4N2O3S2.K/c1-2-4-5-3(9-2)10(6,7)8;/h1H3,(H,6,7,8);/q;+1/p-1. The van der Waals surface area contributed by atoms with Crippen LogP contribution in [0.15, 0.2) is 4.34 Å². The maximum absolute atomic E-state index is 10.2. The molecule has 0 saturated carbocycles. The number of aromatic nitrogens is 2. The van der Waals surface area contributed by atoms with E-state index in [0.29, 0.717) is 5.01 Å². The molecule has 0 aromatic carbocycles. The maximum Gasteiger partial charge on any atom is 1.00 e. The molecule has 11 heavy (non-hydrogen) atoms. The van der Waals surface area contributed by atoms with Gasteiger partial charge in [0.05, 0.1) is 0 Å². The molecule has 0 bridgehead atoms. The fourth-order valence-electron chi connectivity index (χ4n) is 0.379. The predicted molar refractivity (Wildman–Crippen MR) is 32.6 cm³/mol. The quantitative estimate of drug-likeness (QED) is 0.365. The van der Waals surface area contributed by atoms with Crippen LogP contribution in [0.3, 0.4) is 0 Å². The van der Waals surface area contributed by atoms with Gasteiger partial charge in [0.25, 0.3) is 0 Å². The van der Waals surface area contributed by atoms with Gasteiger partial charge in [0, 0.05) is 0 Å². The van der Waals surface area contributed by atoms with E-state index in [1.54, 1.807) is 6.92 Å². The summed E-state index contributed by atoms with van der Waals surface area (Å²) in [6.07, 6.45) is 0. The minimum atomic E-state index is -4.39. The zero-order valence-electron chi connectivity index (χ0n) is 5.94. The Labute approximate surface area is 110 Å². The van der Waals surface area contributed by atoms with Crippen molar-refractivity contribution in [1.29, 1.82) is 0 Å². The van der Waals surface area contributed by atoms with Crippen LogP contribution in [0.1, 0.15) is 5.01 Å². The molecule has 1 aromatic heterocycles. The van der Waals surface area contributed by atoms with Crippen LogP contribution in [-0.4, -0.2) is 23.2 Å². The van der Waals surface area contributed by atoms with Crippen LogP contribution in [0.25, 0.3) is 0 Å². The van der Waals surface area contributed by atoms with Crippen molar-refractivity contribution in [2.45, 2.75) is 11.3 Å². The van der Waals surface area contributed by atoms with E-state index in [-0.39, 0.29) is 51.4 Å². The van der Waals surface area contributed by atoms with Crippen molar-refractivity contribution in [2.24, 2.45) is 0 Å². The molecule has 0 spiro atoms. The molecule has 1 heterocycles. The zero-order chi connectivity index (χ0) is 7.78. The first-order chi connectivity index (χ1) is 4.50. The van der Waals surface area contributed by atoms with Gasteiger partial charge in [-0.25, -0.2) is 8.42 Å². The summed E-state index contributed by atoms with van der Waals surface area (Å²) >= 11 is 0.772. The monoisotopic (exact) mass is 218 g/mol. The van der Waals surface area contributed by atoms with Gasteiger partial charge in [0.15, 0.2) is 10.1 Å². The first kappa shape index (κ1) is 12.1. The third-order valence-electron chi connectivity index (χ3n) is 0.721. The largest absolute Gasteiger partial charge is 1.00 e. The SMILES string of the molecule is Cc1nnc(S(=O)(=O)[O-])s1.[K+]. The molecule has 0 amide bonds. The molecular formula is C3H3KN2O3S2. The molecular weight excluding hydrogens is 215 g/mol. The van der Waals surface area contributed by atoms with Crippen LogP contribution in [0.5, 0.6) is 0 Å². The van der Waals surface area contributed by atoms with Gasteiger partial charge in [-0.1, -0.05) is 11.3 Å². The van der Waals surface area contributed by atoms with Crippen molar-refractivity contribution in [2.75, 3.05) is 0 Å². The molecule has 0 aliphatic carbocycles. The number of hydrogen-bond donors (Lipinski definition) is 0. The van der Waals surface area contributed by atoms with Crippen LogP contribution in [0, 0.1) is 6.92 Å². The summed E-state index contributed by atoms with van der Waals surface area (Å²) in [5.41, 5.74) is 0. The van der Waals surface area contributed by atoms with Gasteiger partial charge >= 0.3 is 51.4 Å². The Morgan fingerprint density at radius 2 is 2.00 bits per heavy atom. The van der Waals surface area contributed by atoms with Gasteiger partial charge in [-0.15, -0.1) is 10.2 Å². The second-order valence-electron chi connectivity index (χ2n) is 1.54. The molecule has 0 saturated heterocycles. The number of aryl methyl sites for hydroxylation is 1. The van der Waals surface area contributed by atoms with Crippen LogP contribution in [0.4, 0.5) is 0 Å². The Bertz CT molecular complexity index is 332. The van der Waals surface area contributed by atoms with E-state index in [0.717, 1.165) is 11.3 Å². The second-order valence-corrected chi connectivity index (χ2v) is 4.28. The van der Waals surface area contributed by atoms with Crippen molar-refractivity contribution >= 4 is 21.5 Å². The van der Waals surface area contributed by atoms with Crippen LogP contribution in [0.2, 0.25) is 0 Å². The first-order valence-electron chi connectivity index (χ1n) is 2.26. The molecule has 8 heteroatoms. The molecule has 5 nitrogen and oxygen atoms in total. The summed E-state index contributed by atoms with van der Waals surface area (Å²) in [7, 11) is -4.39. The van der Waals surface area contributed by atoms with E-state index in [1.165, 1.54) is 0 Å². The van der Waals surface area contributed by atoms with Crippen LogP contribution >= 0.6 is 11.3 Å². The number of rotatable bonds is 1. The van der Waals surface area contributed by atoms with Crippen molar-refractivity contribution < 1.29 is 64.4 Å². The summed E-state index contributed by atoms with van der Waals surface area (Å²) in [6.45, 7) is 1.58. The Hall–Kier alpha value is 1.11. The molecule has 0 N–H and O–H groups in total. The van der Waals surface area contributed by atoms with Gasteiger partial charge < -0.3 is 4.55 Å². The van der Waals surface area contributed by atoms with E-state index in [1.807, 2.05) is 0 Å². The normalized spacial score (nSPS) is 10.7. The summed E-state index contributed by atoms with van der Waals surface area (Å²) in [6, 6.07) is 0. The van der Waals surface area contributed by atoms with Crippen LogP contribution in [-0.2, 0) is 10.1 Å². The third-order valence-corrected chi connectivity index (χ3v) is 2.73. The molecule has 0 atom stereocenters. The van der Waals surface area contributed by atoms with Crippen molar-refractivity contribution in [3.05, 3.63) is 5.01 Å². The van der Waals surface area contributed by atoms with E-state index in [2.05, 4.69) is 10.2 Å². The summed E-state index contributed by atoms with van der Waals surface area (Å²) in [5, 5.41) is 6.99. The molecule has 1 rings (SSSR count). The Kier molecular flexibility index (Phi) is 4.81. The summed E-state index contributed by atoms with van der Waals surface area (Å²) < 4.78 is 30.1. The number of nitrogens with zero attached hydrogens (tertiary/aromatic N) is 2. The Morgan fingerprint density at radius 3 is 2.18 bits per heavy atom. The fraction of sp³-hybridized carbons (Fsp3) is 0.333. The average molecular weight is 218 g/mol. The molecule has 0 aliphatic rings. The third kappa shape index (κ3) is 3.55. The molecule has 0 fully saturated rings. The van der Waals surface area contributed by atoms with Gasteiger partial charge in [-0.2, -0.15) is 0 Å². The fourth-order valence-corrected chi connectivity index (χ4v) is 1.71. The second kappa shape index (κ2) is 4.37. The Morgan fingerprint density at radius 1 is 1.45 bits per heavy atom. The first-order valence-corrected chi connectivity index (χ1v) is 4.48. The van der Waals surface area contributed by atoms with Gasteiger partial charge in [0.1, 0.15) is 5.01 Å². The smallest absolute Gasteiger partial charge is 0.742 e. The Balaban J connectivity index is 0.000001000. The predicted octanol–water partition coefficient (Wildman–Crippen LogP) is -3.25. The van der Waals surface area contributed by atoms with Crippen molar-refractivity contribution in [3.8, 4) is 0 Å². The van der Waals surface area contributed by atoms with E-state index in [9.17, 15) is 13.0 Å². The van der Waals surface area contributed by atoms with Gasteiger partial charge in [0.2, 0.25) is 4.34 Å². The topological polar surface area (TPSA) is 83.0 Å².